The highest BCUT2D eigenvalue weighted by atomic mass is 32.2. The summed E-state index contributed by atoms with van der Waals surface area (Å²) in [5.41, 5.74) is 0.608. The van der Waals surface area contributed by atoms with Crippen LogP contribution in [-0.4, -0.2) is 33.5 Å². The van der Waals surface area contributed by atoms with Crippen LogP contribution in [0, 0.1) is 0 Å². The molecule has 0 heterocycles. The lowest BCUT2D eigenvalue weighted by molar-refractivity contribution is 0.571. The SMILES string of the molecule is CNc1ccccc1S(=O)(=O)NC(C)CSC. The average Bonchev–Trinajstić information content (AvgIpc) is 2.28. The minimum Gasteiger partial charge on any atom is -0.387 e. The summed E-state index contributed by atoms with van der Waals surface area (Å²) in [6.45, 7) is 1.86. The fourth-order valence-corrected chi connectivity index (χ4v) is 3.67. The fourth-order valence-electron chi connectivity index (χ4n) is 1.52. The molecule has 1 unspecified atom stereocenters. The van der Waals surface area contributed by atoms with Gasteiger partial charge in [0.25, 0.3) is 0 Å². The van der Waals surface area contributed by atoms with E-state index in [1.807, 2.05) is 13.2 Å². The maximum Gasteiger partial charge on any atom is 0.242 e. The zero-order valence-corrected chi connectivity index (χ0v) is 11.9. The lowest BCUT2D eigenvalue weighted by Crippen LogP contribution is -2.34. The Bertz CT molecular complexity index is 460. The van der Waals surface area contributed by atoms with E-state index in [1.54, 1.807) is 43.1 Å². The molecule has 6 heteroatoms. The maximum absolute atomic E-state index is 12.1. The van der Waals surface area contributed by atoms with Crippen molar-refractivity contribution in [2.45, 2.75) is 17.9 Å². The largest absolute Gasteiger partial charge is 0.387 e. The minimum absolute atomic E-state index is 0.0834. The van der Waals surface area contributed by atoms with Crippen LogP contribution in [0.3, 0.4) is 0 Å². The molecule has 0 spiro atoms. The van der Waals surface area contributed by atoms with Crippen molar-refractivity contribution in [3.05, 3.63) is 24.3 Å². The number of sulfonamides is 1. The summed E-state index contributed by atoms with van der Waals surface area (Å²) in [7, 11) is -1.74. The molecule has 1 atom stereocenters. The van der Waals surface area contributed by atoms with Gasteiger partial charge in [-0.05, 0) is 25.3 Å². The van der Waals surface area contributed by atoms with Crippen LogP contribution in [0.1, 0.15) is 6.92 Å². The van der Waals surface area contributed by atoms with Gasteiger partial charge >= 0.3 is 0 Å². The highest BCUT2D eigenvalue weighted by Gasteiger charge is 2.19. The van der Waals surface area contributed by atoms with Gasteiger partial charge < -0.3 is 5.32 Å². The second-order valence-corrected chi connectivity index (χ2v) is 6.32. The van der Waals surface area contributed by atoms with Crippen LogP contribution in [0.15, 0.2) is 29.2 Å². The molecular weight excluding hydrogens is 256 g/mol. The normalized spacial score (nSPS) is 13.4. The van der Waals surface area contributed by atoms with Gasteiger partial charge in [0.2, 0.25) is 10.0 Å². The zero-order valence-electron chi connectivity index (χ0n) is 10.2. The quantitative estimate of drug-likeness (QED) is 0.830. The van der Waals surface area contributed by atoms with E-state index >= 15 is 0 Å². The summed E-state index contributed by atoms with van der Waals surface area (Å²) in [5, 5.41) is 2.88. The molecule has 0 aromatic heterocycles. The van der Waals surface area contributed by atoms with E-state index in [0.29, 0.717) is 5.69 Å². The van der Waals surface area contributed by atoms with Gasteiger partial charge in [0.1, 0.15) is 4.90 Å². The number of para-hydroxylation sites is 1. The molecule has 1 rings (SSSR count). The van der Waals surface area contributed by atoms with Gasteiger partial charge in [0.15, 0.2) is 0 Å². The summed E-state index contributed by atoms with van der Waals surface area (Å²) in [6.07, 6.45) is 1.95. The van der Waals surface area contributed by atoms with E-state index in [0.717, 1.165) is 5.75 Å². The van der Waals surface area contributed by atoms with Gasteiger partial charge in [-0.2, -0.15) is 11.8 Å². The highest BCUT2D eigenvalue weighted by Crippen LogP contribution is 2.20. The number of anilines is 1. The highest BCUT2D eigenvalue weighted by molar-refractivity contribution is 7.98. The number of benzene rings is 1. The third-order valence-corrected chi connectivity index (χ3v) is 4.70. The minimum atomic E-state index is -3.45. The fraction of sp³-hybridized carbons (Fsp3) is 0.455. The Morgan fingerprint density at radius 1 is 1.35 bits per heavy atom. The first-order valence-corrected chi connectivity index (χ1v) is 8.17. The number of hydrogen-bond acceptors (Lipinski definition) is 4. The Kier molecular flexibility index (Phi) is 5.30. The molecule has 1 aromatic rings. The molecule has 0 amide bonds. The molecule has 0 radical (unpaired) electrons. The van der Waals surface area contributed by atoms with E-state index in [1.165, 1.54) is 0 Å². The van der Waals surface area contributed by atoms with Crippen molar-refractivity contribution in [3.8, 4) is 0 Å². The third kappa shape index (κ3) is 3.90. The Morgan fingerprint density at radius 2 is 2.00 bits per heavy atom. The van der Waals surface area contributed by atoms with Crippen LogP contribution in [0.2, 0.25) is 0 Å². The molecule has 0 aliphatic heterocycles. The molecular formula is C11H18N2O2S2. The molecule has 1 aromatic carbocycles. The molecule has 0 fully saturated rings. The lowest BCUT2D eigenvalue weighted by Gasteiger charge is -2.15. The second kappa shape index (κ2) is 6.28. The van der Waals surface area contributed by atoms with Crippen molar-refractivity contribution in [3.63, 3.8) is 0 Å². The van der Waals surface area contributed by atoms with Crippen LogP contribution in [0.5, 0.6) is 0 Å². The third-order valence-electron chi connectivity index (χ3n) is 2.22. The Labute approximate surface area is 107 Å². The molecule has 0 saturated carbocycles. The van der Waals surface area contributed by atoms with Crippen molar-refractivity contribution >= 4 is 27.5 Å². The van der Waals surface area contributed by atoms with Crippen molar-refractivity contribution < 1.29 is 8.42 Å². The van der Waals surface area contributed by atoms with Gasteiger partial charge in [-0.25, -0.2) is 13.1 Å². The maximum atomic E-state index is 12.1. The van der Waals surface area contributed by atoms with Crippen LogP contribution in [-0.2, 0) is 10.0 Å². The number of thioether (sulfide) groups is 1. The van der Waals surface area contributed by atoms with Crippen molar-refractivity contribution in [1.82, 2.24) is 4.72 Å². The lowest BCUT2D eigenvalue weighted by atomic mass is 10.3. The van der Waals surface area contributed by atoms with Crippen LogP contribution in [0.4, 0.5) is 5.69 Å². The van der Waals surface area contributed by atoms with Crippen LogP contribution < -0.4 is 10.0 Å². The summed E-state index contributed by atoms with van der Waals surface area (Å²) in [6, 6.07) is 6.78. The van der Waals surface area contributed by atoms with E-state index in [2.05, 4.69) is 10.0 Å². The van der Waals surface area contributed by atoms with Gasteiger partial charge in [-0.3, -0.25) is 0 Å². The molecule has 0 aliphatic carbocycles. The Morgan fingerprint density at radius 3 is 2.59 bits per heavy atom. The summed E-state index contributed by atoms with van der Waals surface area (Å²) < 4.78 is 26.9. The summed E-state index contributed by atoms with van der Waals surface area (Å²) in [5.74, 6) is 0.751. The first-order chi connectivity index (χ1) is 8.01. The smallest absolute Gasteiger partial charge is 0.242 e. The van der Waals surface area contributed by atoms with E-state index in [9.17, 15) is 8.42 Å². The molecule has 96 valence electrons. The average molecular weight is 274 g/mol. The van der Waals surface area contributed by atoms with Crippen molar-refractivity contribution in [1.29, 1.82) is 0 Å². The van der Waals surface area contributed by atoms with Crippen LogP contribution in [0.25, 0.3) is 0 Å². The monoisotopic (exact) mass is 274 g/mol. The number of rotatable bonds is 6. The predicted molar refractivity (Wildman–Crippen MR) is 74.2 cm³/mol. The first kappa shape index (κ1) is 14.3. The van der Waals surface area contributed by atoms with Gasteiger partial charge in [0.05, 0.1) is 5.69 Å². The van der Waals surface area contributed by atoms with Gasteiger partial charge in [-0.15, -0.1) is 0 Å². The molecule has 17 heavy (non-hydrogen) atoms. The summed E-state index contributed by atoms with van der Waals surface area (Å²) >= 11 is 1.61. The Balaban J connectivity index is 2.97. The molecule has 4 nitrogen and oxygen atoms in total. The molecule has 0 saturated heterocycles. The molecule has 0 aliphatic rings. The zero-order chi connectivity index (χ0) is 12.9. The number of hydrogen-bond donors (Lipinski definition) is 2. The number of nitrogens with one attached hydrogen (secondary N) is 2. The van der Waals surface area contributed by atoms with Crippen molar-refractivity contribution in [2.24, 2.45) is 0 Å². The molecule has 2 N–H and O–H groups in total. The van der Waals surface area contributed by atoms with E-state index < -0.39 is 10.0 Å². The summed E-state index contributed by atoms with van der Waals surface area (Å²) in [4.78, 5) is 0.287. The second-order valence-electron chi connectivity index (χ2n) is 3.72. The topological polar surface area (TPSA) is 58.2 Å². The first-order valence-electron chi connectivity index (χ1n) is 5.29. The van der Waals surface area contributed by atoms with E-state index in [-0.39, 0.29) is 10.9 Å². The predicted octanol–water partition coefficient (Wildman–Crippen LogP) is 1.76. The standard InChI is InChI=1S/C11H18N2O2S2/c1-9(8-16-3)13-17(14,15)11-7-5-4-6-10(11)12-2/h4-7,9,12-13H,8H2,1-3H3. The van der Waals surface area contributed by atoms with Crippen molar-refractivity contribution in [2.75, 3.05) is 24.4 Å². The molecule has 0 bridgehead atoms. The van der Waals surface area contributed by atoms with E-state index in [4.69, 9.17) is 0 Å². The van der Waals surface area contributed by atoms with Gasteiger partial charge in [-0.1, -0.05) is 12.1 Å². The Hall–Kier alpha value is -0.720. The van der Waals surface area contributed by atoms with Crippen LogP contribution >= 0.6 is 11.8 Å². The van der Waals surface area contributed by atoms with Gasteiger partial charge in [0, 0.05) is 18.8 Å².